The predicted molar refractivity (Wildman–Crippen MR) is 68.7 cm³/mol. The van der Waals surface area contributed by atoms with Gasteiger partial charge in [-0.1, -0.05) is 13.8 Å². The van der Waals surface area contributed by atoms with Crippen LogP contribution in [0.3, 0.4) is 0 Å². The van der Waals surface area contributed by atoms with Gasteiger partial charge in [0.1, 0.15) is 5.69 Å². The average Bonchev–Trinajstić information content (AvgIpc) is 2.89. The third-order valence-corrected chi connectivity index (χ3v) is 3.15. The fraction of sp³-hybridized carbons (Fsp3) is 0.583. The first-order chi connectivity index (χ1) is 8.58. The second-order valence-electron chi connectivity index (χ2n) is 5.30. The van der Waals surface area contributed by atoms with Gasteiger partial charge in [-0.2, -0.15) is 0 Å². The molecule has 1 unspecified atom stereocenters. The second-order valence-corrected chi connectivity index (χ2v) is 5.30. The fourth-order valence-electron chi connectivity index (χ4n) is 2.45. The van der Waals surface area contributed by atoms with Crippen molar-refractivity contribution >= 4 is 17.7 Å². The molecule has 0 fully saturated rings. The van der Waals surface area contributed by atoms with Crippen LogP contribution in [-0.2, 0) is 0 Å². The summed E-state index contributed by atoms with van der Waals surface area (Å²) in [6, 6.07) is 0.155. The number of aromatic nitrogens is 2. The molecule has 2 aliphatic heterocycles. The number of guanidine groups is 1. The number of aliphatic imine (C=N–C) groups is 1. The second kappa shape index (κ2) is 3.83. The highest BCUT2D eigenvalue weighted by Crippen LogP contribution is 2.29. The van der Waals surface area contributed by atoms with Gasteiger partial charge < -0.3 is 4.98 Å². The highest BCUT2D eigenvalue weighted by molar-refractivity contribution is 6.17. The number of imidazole rings is 1. The summed E-state index contributed by atoms with van der Waals surface area (Å²) in [4.78, 5) is 27.8. The third-order valence-electron chi connectivity index (χ3n) is 3.15. The molecule has 3 rings (SSSR count). The van der Waals surface area contributed by atoms with Gasteiger partial charge in [-0.25, -0.2) is 9.98 Å². The van der Waals surface area contributed by atoms with Crippen LogP contribution in [0.5, 0.6) is 0 Å². The molecule has 1 aromatic rings. The molecule has 6 heteroatoms. The first-order valence-electron chi connectivity index (χ1n) is 6.28. The van der Waals surface area contributed by atoms with E-state index in [-0.39, 0.29) is 11.9 Å². The molecule has 2 aliphatic rings. The standard InChI is InChI=1S/C12H17N5O/c1-7(2)4-16-10-9(13-6-14-10)11(18)17-5-8(3)15-12(16)17/h6-8H,4-5H2,1-3H3,(H,13,14). The van der Waals surface area contributed by atoms with Gasteiger partial charge in [0.25, 0.3) is 5.91 Å². The van der Waals surface area contributed by atoms with Crippen molar-refractivity contribution in [1.82, 2.24) is 14.9 Å². The van der Waals surface area contributed by atoms with E-state index in [0.717, 1.165) is 12.5 Å². The van der Waals surface area contributed by atoms with Gasteiger partial charge in [0.2, 0.25) is 5.96 Å². The number of fused-ring (bicyclic) bond motifs is 2. The van der Waals surface area contributed by atoms with E-state index in [1.54, 1.807) is 11.2 Å². The summed E-state index contributed by atoms with van der Waals surface area (Å²) in [6.07, 6.45) is 1.57. The minimum atomic E-state index is -0.0226. The fourth-order valence-corrected chi connectivity index (χ4v) is 2.45. The monoisotopic (exact) mass is 247 g/mol. The number of carbonyl (C=O) groups excluding carboxylic acids is 1. The molecule has 0 saturated heterocycles. The van der Waals surface area contributed by atoms with E-state index in [1.165, 1.54) is 0 Å². The van der Waals surface area contributed by atoms with Crippen molar-refractivity contribution in [3.05, 3.63) is 12.0 Å². The maximum atomic E-state index is 12.3. The number of aromatic amines is 1. The number of rotatable bonds is 2. The van der Waals surface area contributed by atoms with Crippen LogP contribution in [0.1, 0.15) is 31.3 Å². The summed E-state index contributed by atoms with van der Waals surface area (Å²) in [7, 11) is 0. The van der Waals surface area contributed by atoms with E-state index in [2.05, 4.69) is 28.8 Å². The Morgan fingerprint density at radius 2 is 2.33 bits per heavy atom. The number of nitrogens with one attached hydrogen (secondary N) is 1. The molecular formula is C12H17N5O. The van der Waals surface area contributed by atoms with E-state index in [9.17, 15) is 4.79 Å². The highest BCUT2D eigenvalue weighted by Gasteiger charge is 2.41. The molecule has 1 N–H and O–H groups in total. The van der Waals surface area contributed by atoms with Crippen molar-refractivity contribution in [2.75, 3.05) is 18.0 Å². The molecule has 0 aromatic carbocycles. The molecule has 6 nitrogen and oxygen atoms in total. The van der Waals surface area contributed by atoms with Gasteiger partial charge in [-0.3, -0.25) is 14.6 Å². The van der Waals surface area contributed by atoms with E-state index in [4.69, 9.17) is 0 Å². The SMILES string of the molecule is CC(C)CN1C2=NC(C)CN2C(=O)c2[nH]cnc21. The third kappa shape index (κ3) is 1.52. The predicted octanol–water partition coefficient (Wildman–Crippen LogP) is 1.09. The van der Waals surface area contributed by atoms with Crippen molar-refractivity contribution in [1.29, 1.82) is 0 Å². The Morgan fingerprint density at radius 1 is 1.56 bits per heavy atom. The van der Waals surface area contributed by atoms with E-state index in [1.807, 2.05) is 11.8 Å². The van der Waals surface area contributed by atoms with Crippen LogP contribution in [0.25, 0.3) is 0 Å². The molecule has 0 aliphatic carbocycles. The molecule has 0 saturated carbocycles. The normalized spacial score (nSPS) is 22.3. The molecule has 18 heavy (non-hydrogen) atoms. The van der Waals surface area contributed by atoms with Gasteiger partial charge >= 0.3 is 0 Å². The number of hydrogen-bond donors (Lipinski definition) is 1. The summed E-state index contributed by atoms with van der Waals surface area (Å²) in [5, 5.41) is 0. The molecule has 3 heterocycles. The summed E-state index contributed by atoms with van der Waals surface area (Å²) in [5.74, 6) is 1.91. The Bertz CT molecular complexity index is 518. The van der Waals surface area contributed by atoms with Gasteiger partial charge in [0, 0.05) is 6.54 Å². The lowest BCUT2D eigenvalue weighted by molar-refractivity contribution is 0.0841. The van der Waals surface area contributed by atoms with Crippen molar-refractivity contribution in [2.24, 2.45) is 10.9 Å². The molecule has 0 bridgehead atoms. The molecule has 0 spiro atoms. The van der Waals surface area contributed by atoms with E-state index >= 15 is 0 Å². The van der Waals surface area contributed by atoms with Crippen LogP contribution in [0.15, 0.2) is 11.3 Å². The zero-order valence-electron chi connectivity index (χ0n) is 10.8. The van der Waals surface area contributed by atoms with Crippen molar-refractivity contribution in [3.63, 3.8) is 0 Å². The Labute approximate surface area is 106 Å². The minimum absolute atomic E-state index is 0.0226. The largest absolute Gasteiger partial charge is 0.339 e. The van der Waals surface area contributed by atoms with Crippen molar-refractivity contribution in [2.45, 2.75) is 26.8 Å². The van der Waals surface area contributed by atoms with Gasteiger partial charge in [0.05, 0.1) is 18.9 Å². The Morgan fingerprint density at radius 3 is 3.06 bits per heavy atom. The lowest BCUT2D eigenvalue weighted by Gasteiger charge is -2.33. The van der Waals surface area contributed by atoms with Crippen LogP contribution < -0.4 is 4.90 Å². The summed E-state index contributed by atoms with van der Waals surface area (Å²) in [5.41, 5.74) is 0.573. The number of nitrogens with zero attached hydrogens (tertiary/aromatic N) is 4. The van der Waals surface area contributed by atoms with Crippen molar-refractivity contribution in [3.8, 4) is 0 Å². The molecular weight excluding hydrogens is 230 g/mol. The first-order valence-corrected chi connectivity index (χ1v) is 6.28. The van der Waals surface area contributed by atoms with Gasteiger partial charge in [-0.15, -0.1) is 0 Å². The molecule has 1 aromatic heterocycles. The number of amides is 1. The smallest absolute Gasteiger partial charge is 0.280 e. The summed E-state index contributed by atoms with van der Waals surface area (Å²) in [6.45, 7) is 7.78. The Balaban J connectivity index is 2.07. The molecule has 1 atom stereocenters. The number of hydrogen-bond acceptors (Lipinski definition) is 4. The van der Waals surface area contributed by atoms with E-state index < -0.39 is 0 Å². The Kier molecular flexibility index (Phi) is 2.39. The zero-order chi connectivity index (χ0) is 12.9. The van der Waals surface area contributed by atoms with Gasteiger partial charge in [0.15, 0.2) is 5.82 Å². The Hall–Kier alpha value is -1.85. The topological polar surface area (TPSA) is 64.6 Å². The van der Waals surface area contributed by atoms with Gasteiger partial charge in [-0.05, 0) is 12.8 Å². The maximum Gasteiger partial charge on any atom is 0.280 e. The number of H-pyrrole nitrogens is 1. The van der Waals surface area contributed by atoms with Crippen LogP contribution >= 0.6 is 0 Å². The highest BCUT2D eigenvalue weighted by atomic mass is 16.2. The molecule has 96 valence electrons. The number of carbonyl (C=O) groups is 1. The van der Waals surface area contributed by atoms with Crippen molar-refractivity contribution < 1.29 is 4.79 Å². The summed E-state index contributed by atoms with van der Waals surface area (Å²) >= 11 is 0. The maximum absolute atomic E-state index is 12.3. The van der Waals surface area contributed by atoms with E-state index in [0.29, 0.717) is 24.0 Å². The first kappa shape index (κ1) is 11.3. The molecule has 1 amide bonds. The zero-order valence-corrected chi connectivity index (χ0v) is 10.8. The molecule has 0 radical (unpaired) electrons. The number of anilines is 1. The van der Waals surface area contributed by atoms with Crippen LogP contribution in [0.4, 0.5) is 5.82 Å². The van der Waals surface area contributed by atoms with Crippen LogP contribution in [0, 0.1) is 5.92 Å². The van der Waals surface area contributed by atoms with Crippen LogP contribution in [-0.4, -0.2) is 45.9 Å². The minimum Gasteiger partial charge on any atom is -0.339 e. The summed E-state index contributed by atoms with van der Waals surface area (Å²) < 4.78 is 0. The van der Waals surface area contributed by atoms with Crippen LogP contribution in [0.2, 0.25) is 0 Å². The average molecular weight is 247 g/mol. The lowest BCUT2D eigenvalue weighted by Crippen LogP contribution is -2.51. The lowest BCUT2D eigenvalue weighted by atomic mass is 10.2. The quantitative estimate of drug-likeness (QED) is 0.850.